The Labute approximate surface area is 89.5 Å². The Balaban J connectivity index is 2.20. The number of anilines is 1. The van der Waals surface area contributed by atoms with Gasteiger partial charge in [0.2, 0.25) is 0 Å². The average molecular weight is 208 g/mol. The van der Waals surface area contributed by atoms with Gasteiger partial charge in [-0.3, -0.25) is 0 Å². The molecule has 4 nitrogen and oxygen atoms in total. The average Bonchev–Trinajstić information content (AvgIpc) is 2.29. The number of β-amino-alcohol motifs (C(OH)–C–C–N with tert-alkyl or cyclic N) is 1. The number of aliphatic hydroxyl groups excluding tert-OH is 1. The maximum atomic E-state index is 9.59. The van der Waals surface area contributed by atoms with E-state index in [-0.39, 0.29) is 6.10 Å². The highest BCUT2D eigenvalue weighted by molar-refractivity contribution is 5.52. The zero-order chi connectivity index (χ0) is 10.7. The van der Waals surface area contributed by atoms with Crippen LogP contribution >= 0.6 is 0 Å². The van der Waals surface area contributed by atoms with Gasteiger partial charge in [0.1, 0.15) is 0 Å². The van der Waals surface area contributed by atoms with Crippen molar-refractivity contribution in [2.75, 3.05) is 25.1 Å². The van der Waals surface area contributed by atoms with Gasteiger partial charge in [-0.05, 0) is 25.0 Å². The van der Waals surface area contributed by atoms with Crippen molar-refractivity contribution in [2.24, 2.45) is 0 Å². The van der Waals surface area contributed by atoms with E-state index in [1.165, 1.54) is 0 Å². The van der Waals surface area contributed by atoms with Crippen molar-refractivity contribution in [3.8, 4) is 5.75 Å². The van der Waals surface area contributed by atoms with Crippen molar-refractivity contribution in [2.45, 2.75) is 18.9 Å². The molecule has 82 valence electrons. The third-order valence-electron chi connectivity index (χ3n) is 2.67. The molecule has 0 spiro atoms. The number of hydrogen-bond acceptors (Lipinski definition) is 4. The lowest BCUT2D eigenvalue weighted by atomic mass is 10.1. The van der Waals surface area contributed by atoms with Crippen molar-refractivity contribution in [1.29, 1.82) is 0 Å². The van der Waals surface area contributed by atoms with Crippen molar-refractivity contribution in [3.63, 3.8) is 0 Å². The van der Waals surface area contributed by atoms with Crippen LogP contribution in [-0.4, -0.2) is 36.4 Å². The lowest BCUT2D eigenvalue weighted by Crippen LogP contribution is -2.38. The molecular weight excluding hydrogens is 192 g/mol. The number of aliphatic hydroxyl groups is 1. The molecule has 0 aliphatic carbocycles. The SMILES string of the molecule is COc1cccnc1N1CCC[C@H](O)C1. The molecule has 1 saturated heterocycles. The zero-order valence-electron chi connectivity index (χ0n) is 8.89. The first kappa shape index (κ1) is 10.2. The minimum atomic E-state index is -0.245. The maximum absolute atomic E-state index is 9.59. The van der Waals surface area contributed by atoms with Crippen LogP contribution in [0.5, 0.6) is 5.75 Å². The third kappa shape index (κ3) is 2.21. The zero-order valence-corrected chi connectivity index (χ0v) is 8.89. The van der Waals surface area contributed by atoms with Gasteiger partial charge in [-0.2, -0.15) is 0 Å². The third-order valence-corrected chi connectivity index (χ3v) is 2.67. The number of methoxy groups -OCH3 is 1. The minimum absolute atomic E-state index is 0.245. The van der Waals surface area contributed by atoms with E-state index >= 15 is 0 Å². The predicted molar refractivity (Wildman–Crippen MR) is 58.2 cm³/mol. The molecule has 0 amide bonds. The van der Waals surface area contributed by atoms with Crippen molar-refractivity contribution >= 4 is 5.82 Å². The van der Waals surface area contributed by atoms with Crippen molar-refractivity contribution < 1.29 is 9.84 Å². The van der Waals surface area contributed by atoms with Crippen LogP contribution in [0.15, 0.2) is 18.3 Å². The standard InChI is InChI=1S/C11H16N2O2/c1-15-10-5-2-6-12-11(10)13-7-3-4-9(14)8-13/h2,5-6,9,14H,3-4,7-8H2,1H3/t9-/m0/s1. The van der Waals surface area contributed by atoms with Gasteiger partial charge in [0.15, 0.2) is 11.6 Å². The second kappa shape index (κ2) is 4.49. The summed E-state index contributed by atoms with van der Waals surface area (Å²) in [6.45, 7) is 1.58. The monoisotopic (exact) mass is 208 g/mol. The Morgan fingerprint density at radius 1 is 1.60 bits per heavy atom. The van der Waals surface area contributed by atoms with Crippen LogP contribution in [0.4, 0.5) is 5.82 Å². The van der Waals surface area contributed by atoms with E-state index in [4.69, 9.17) is 4.74 Å². The van der Waals surface area contributed by atoms with Crippen molar-refractivity contribution in [1.82, 2.24) is 4.98 Å². The molecule has 1 aromatic heterocycles. The van der Waals surface area contributed by atoms with Crippen LogP contribution < -0.4 is 9.64 Å². The molecule has 1 aliphatic heterocycles. The fourth-order valence-corrected chi connectivity index (χ4v) is 1.93. The summed E-state index contributed by atoms with van der Waals surface area (Å²) < 4.78 is 5.25. The molecule has 0 aromatic carbocycles. The first-order valence-electron chi connectivity index (χ1n) is 5.23. The fourth-order valence-electron chi connectivity index (χ4n) is 1.93. The first-order valence-corrected chi connectivity index (χ1v) is 5.23. The summed E-state index contributed by atoms with van der Waals surface area (Å²) in [5, 5.41) is 9.59. The predicted octanol–water partition coefficient (Wildman–Crippen LogP) is 1.05. The topological polar surface area (TPSA) is 45.6 Å². The van der Waals surface area contributed by atoms with Crippen LogP contribution in [0.2, 0.25) is 0 Å². The van der Waals surface area contributed by atoms with E-state index in [1.54, 1.807) is 13.3 Å². The van der Waals surface area contributed by atoms with Gasteiger partial charge in [-0.1, -0.05) is 0 Å². The Kier molecular flexibility index (Phi) is 3.06. The molecule has 2 rings (SSSR count). The maximum Gasteiger partial charge on any atom is 0.171 e. The molecule has 0 radical (unpaired) electrons. The molecule has 4 heteroatoms. The quantitative estimate of drug-likeness (QED) is 0.789. The molecule has 0 unspecified atom stereocenters. The van der Waals surface area contributed by atoms with Gasteiger partial charge in [-0.25, -0.2) is 4.98 Å². The summed E-state index contributed by atoms with van der Waals surface area (Å²) in [7, 11) is 1.64. The number of hydrogen-bond donors (Lipinski definition) is 1. The highest BCUT2D eigenvalue weighted by Gasteiger charge is 2.20. The summed E-state index contributed by atoms with van der Waals surface area (Å²) in [5.74, 6) is 1.60. The van der Waals surface area contributed by atoms with E-state index in [1.807, 2.05) is 12.1 Å². The molecular formula is C11H16N2O2. The largest absolute Gasteiger partial charge is 0.493 e. The number of rotatable bonds is 2. The molecule has 1 atom stereocenters. The second-order valence-corrected chi connectivity index (χ2v) is 3.77. The van der Waals surface area contributed by atoms with Gasteiger partial charge in [0, 0.05) is 19.3 Å². The molecule has 0 bridgehead atoms. The molecule has 15 heavy (non-hydrogen) atoms. The second-order valence-electron chi connectivity index (χ2n) is 3.77. The summed E-state index contributed by atoms with van der Waals surface area (Å²) in [6.07, 6.45) is 3.39. The lowest BCUT2D eigenvalue weighted by Gasteiger charge is -2.31. The number of aromatic nitrogens is 1. The van der Waals surface area contributed by atoms with Crippen molar-refractivity contribution in [3.05, 3.63) is 18.3 Å². The van der Waals surface area contributed by atoms with Crippen LogP contribution in [0, 0.1) is 0 Å². The van der Waals surface area contributed by atoms with Crippen LogP contribution in [0.3, 0.4) is 0 Å². The summed E-state index contributed by atoms with van der Waals surface area (Å²) in [6, 6.07) is 3.74. The normalized spacial score (nSPS) is 21.5. The first-order chi connectivity index (χ1) is 7.31. The van der Waals surface area contributed by atoms with E-state index in [2.05, 4.69) is 9.88 Å². The van der Waals surface area contributed by atoms with E-state index in [0.717, 1.165) is 31.0 Å². The number of nitrogens with zero attached hydrogens (tertiary/aromatic N) is 2. The highest BCUT2D eigenvalue weighted by Crippen LogP contribution is 2.27. The smallest absolute Gasteiger partial charge is 0.171 e. The summed E-state index contributed by atoms with van der Waals surface area (Å²) in [5.41, 5.74) is 0. The number of piperidine rings is 1. The Bertz CT molecular complexity index is 330. The van der Waals surface area contributed by atoms with E-state index in [0.29, 0.717) is 6.54 Å². The Morgan fingerprint density at radius 3 is 3.20 bits per heavy atom. The number of pyridine rings is 1. The van der Waals surface area contributed by atoms with Gasteiger partial charge >= 0.3 is 0 Å². The van der Waals surface area contributed by atoms with E-state index in [9.17, 15) is 5.11 Å². The number of ether oxygens (including phenoxy) is 1. The molecule has 1 fully saturated rings. The van der Waals surface area contributed by atoms with Crippen LogP contribution in [0.1, 0.15) is 12.8 Å². The van der Waals surface area contributed by atoms with E-state index < -0.39 is 0 Å². The summed E-state index contributed by atoms with van der Waals surface area (Å²) in [4.78, 5) is 6.37. The van der Waals surface area contributed by atoms with Gasteiger partial charge in [-0.15, -0.1) is 0 Å². The van der Waals surface area contributed by atoms with Crippen LogP contribution in [-0.2, 0) is 0 Å². The molecule has 1 aromatic rings. The van der Waals surface area contributed by atoms with Gasteiger partial charge in [0.05, 0.1) is 13.2 Å². The minimum Gasteiger partial charge on any atom is -0.493 e. The molecule has 1 N–H and O–H groups in total. The fraction of sp³-hybridized carbons (Fsp3) is 0.545. The molecule has 0 saturated carbocycles. The van der Waals surface area contributed by atoms with Gasteiger partial charge in [0.25, 0.3) is 0 Å². The van der Waals surface area contributed by atoms with Crippen LogP contribution in [0.25, 0.3) is 0 Å². The Hall–Kier alpha value is -1.29. The Morgan fingerprint density at radius 2 is 2.47 bits per heavy atom. The molecule has 2 heterocycles. The molecule has 1 aliphatic rings. The highest BCUT2D eigenvalue weighted by atomic mass is 16.5. The van der Waals surface area contributed by atoms with Gasteiger partial charge < -0.3 is 14.7 Å². The summed E-state index contributed by atoms with van der Waals surface area (Å²) >= 11 is 0. The lowest BCUT2D eigenvalue weighted by molar-refractivity contribution is 0.153.